The first kappa shape index (κ1) is 13.3. The summed E-state index contributed by atoms with van der Waals surface area (Å²) in [4.78, 5) is 11.1. The van der Waals surface area contributed by atoms with Gasteiger partial charge < -0.3 is 4.90 Å². The molecule has 1 aromatic carbocycles. The van der Waals surface area contributed by atoms with Crippen molar-refractivity contribution in [2.75, 3.05) is 18.0 Å². The van der Waals surface area contributed by atoms with E-state index >= 15 is 0 Å². The minimum Gasteiger partial charge on any atom is -0.355 e. The molecule has 1 saturated heterocycles. The summed E-state index contributed by atoms with van der Waals surface area (Å²) in [6.45, 7) is 2.18. The molecule has 1 fully saturated rings. The summed E-state index contributed by atoms with van der Waals surface area (Å²) >= 11 is 3.34. The summed E-state index contributed by atoms with van der Waals surface area (Å²) in [7, 11) is 0. The Bertz CT molecular complexity index is 618. The molecule has 0 atom stereocenters. The number of hydrogen-bond donors (Lipinski definition) is 0. The number of aromatic nitrogens is 2. The first-order valence-corrected chi connectivity index (χ1v) is 8.33. The highest BCUT2D eigenvalue weighted by molar-refractivity contribution is 9.10. The molecule has 1 aromatic heterocycles. The second-order valence-electron chi connectivity index (χ2n) is 6.31. The van der Waals surface area contributed by atoms with E-state index in [4.69, 9.17) is 0 Å². The smallest absolute Gasteiger partial charge is 0.147 e. The molecule has 108 valence electrons. The number of nitrogens with zero attached hydrogens (tertiary/aromatic N) is 3. The first-order chi connectivity index (χ1) is 10.2. The lowest BCUT2D eigenvalue weighted by molar-refractivity contribution is 0.232. The van der Waals surface area contributed by atoms with Gasteiger partial charge in [0.1, 0.15) is 10.4 Å². The minimum atomic E-state index is 0.489. The van der Waals surface area contributed by atoms with Gasteiger partial charge in [-0.15, -0.1) is 0 Å². The normalized spacial score (nSPS) is 19.8. The van der Waals surface area contributed by atoms with E-state index in [9.17, 15) is 0 Å². The van der Waals surface area contributed by atoms with Crippen molar-refractivity contribution in [3.05, 3.63) is 52.4 Å². The fourth-order valence-electron chi connectivity index (χ4n) is 3.81. The second kappa shape index (κ2) is 5.09. The summed E-state index contributed by atoms with van der Waals surface area (Å²) in [5.41, 5.74) is 3.62. The van der Waals surface area contributed by atoms with Crippen molar-refractivity contribution in [1.29, 1.82) is 0 Å². The van der Waals surface area contributed by atoms with E-state index in [-0.39, 0.29) is 0 Å². The lowest BCUT2D eigenvalue weighted by Crippen LogP contribution is -2.41. The van der Waals surface area contributed by atoms with Crippen LogP contribution < -0.4 is 4.90 Å². The van der Waals surface area contributed by atoms with Crippen LogP contribution in [0.15, 0.2) is 41.3 Å². The van der Waals surface area contributed by atoms with Gasteiger partial charge in [-0.2, -0.15) is 0 Å². The van der Waals surface area contributed by atoms with Gasteiger partial charge in [0.05, 0.1) is 12.4 Å². The Morgan fingerprint density at radius 3 is 2.19 bits per heavy atom. The SMILES string of the molecule is Brc1cnc(N2CCC3(CC2)Cc2ccccc2C3)cn1. The van der Waals surface area contributed by atoms with Crippen LogP contribution >= 0.6 is 15.9 Å². The Kier molecular flexibility index (Phi) is 3.21. The quantitative estimate of drug-likeness (QED) is 0.791. The molecule has 2 aliphatic rings. The third-order valence-corrected chi connectivity index (χ3v) is 5.41. The van der Waals surface area contributed by atoms with Gasteiger partial charge >= 0.3 is 0 Å². The zero-order valence-corrected chi connectivity index (χ0v) is 13.5. The number of piperidine rings is 1. The number of fused-ring (bicyclic) bond motifs is 1. The van der Waals surface area contributed by atoms with E-state index in [1.165, 1.54) is 25.7 Å². The molecule has 2 aromatic rings. The van der Waals surface area contributed by atoms with Crippen molar-refractivity contribution >= 4 is 21.7 Å². The van der Waals surface area contributed by atoms with Gasteiger partial charge in [-0.05, 0) is 58.2 Å². The summed E-state index contributed by atoms with van der Waals surface area (Å²) in [5, 5.41) is 0. The molecule has 2 heterocycles. The lowest BCUT2D eigenvalue weighted by Gasteiger charge is -2.39. The van der Waals surface area contributed by atoms with Crippen LogP contribution in [0.2, 0.25) is 0 Å². The van der Waals surface area contributed by atoms with E-state index in [1.807, 2.05) is 6.20 Å². The molecule has 0 amide bonds. The van der Waals surface area contributed by atoms with Crippen LogP contribution in [0, 0.1) is 5.41 Å². The maximum Gasteiger partial charge on any atom is 0.147 e. The van der Waals surface area contributed by atoms with Gasteiger partial charge in [0.15, 0.2) is 0 Å². The molecule has 0 radical (unpaired) electrons. The Hall–Kier alpha value is -1.42. The fourth-order valence-corrected chi connectivity index (χ4v) is 4.01. The molecular formula is C17H18BrN3. The Morgan fingerprint density at radius 1 is 0.952 bits per heavy atom. The predicted octanol–water partition coefficient (Wildman–Crippen LogP) is 3.62. The maximum absolute atomic E-state index is 4.47. The van der Waals surface area contributed by atoms with Crippen LogP contribution in [0.3, 0.4) is 0 Å². The van der Waals surface area contributed by atoms with Crippen LogP contribution in [0.5, 0.6) is 0 Å². The van der Waals surface area contributed by atoms with Gasteiger partial charge in [0.25, 0.3) is 0 Å². The average molecular weight is 344 g/mol. The van der Waals surface area contributed by atoms with Crippen LogP contribution in [0.1, 0.15) is 24.0 Å². The van der Waals surface area contributed by atoms with Gasteiger partial charge in [0.2, 0.25) is 0 Å². The van der Waals surface area contributed by atoms with E-state index in [0.717, 1.165) is 23.5 Å². The molecule has 0 bridgehead atoms. The van der Waals surface area contributed by atoms with E-state index in [1.54, 1.807) is 17.3 Å². The highest BCUT2D eigenvalue weighted by atomic mass is 79.9. The molecular weight excluding hydrogens is 326 g/mol. The van der Waals surface area contributed by atoms with E-state index in [2.05, 4.69) is 55.1 Å². The summed E-state index contributed by atoms with van der Waals surface area (Å²) in [5.74, 6) is 1.00. The van der Waals surface area contributed by atoms with Gasteiger partial charge in [-0.3, -0.25) is 0 Å². The molecule has 0 unspecified atom stereocenters. The average Bonchev–Trinajstić information content (AvgIpc) is 2.87. The van der Waals surface area contributed by atoms with Crippen molar-refractivity contribution in [3.63, 3.8) is 0 Å². The van der Waals surface area contributed by atoms with Crippen molar-refractivity contribution in [3.8, 4) is 0 Å². The topological polar surface area (TPSA) is 29.0 Å². The predicted molar refractivity (Wildman–Crippen MR) is 87.5 cm³/mol. The molecule has 4 heteroatoms. The van der Waals surface area contributed by atoms with Crippen molar-refractivity contribution in [2.45, 2.75) is 25.7 Å². The molecule has 1 aliphatic carbocycles. The lowest BCUT2D eigenvalue weighted by atomic mass is 9.76. The molecule has 4 rings (SSSR count). The third-order valence-electron chi connectivity index (χ3n) is 5.00. The Balaban J connectivity index is 1.47. The number of hydrogen-bond acceptors (Lipinski definition) is 3. The standard InChI is InChI=1S/C17H18BrN3/c18-15-11-20-16(12-19-15)21-7-5-17(6-8-21)9-13-3-1-2-4-14(13)10-17/h1-4,11-12H,5-10H2. The first-order valence-electron chi connectivity index (χ1n) is 7.53. The number of halogens is 1. The molecule has 0 saturated carbocycles. The number of benzene rings is 1. The monoisotopic (exact) mass is 343 g/mol. The van der Waals surface area contributed by atoms with Crippen molar-refractivity contribution in [2.24, 2.45) is 5.41 Å². The van der Waals surface area contributed by atoms with Gasteiger partial charge in [0, 0.05) is 13.1 Å². The van der Waals surface area contributed by atoms with Crippen LogP contribution in [0.4, 0.5) is 5.82 Å². The zero-order chi connectivity index (χ0) is 14.3. The molecule has 1 spiro atoms. The van der Waals surface area contributed by atoms with Crippen LogP contribution in [0.25, 0.3) is 0 Å². The fraction of sp³-hybridized carbons (Fsp3) is 0.412. The minimum absolute atomic E-state index is 0.489. The zero-order valence-electron chi connectivity index (χ0n) is 11.9. The Labute approximate surface area is 133 Å². The summed E-state index contributed by atoms with van der Waals surface area (Å²) < 4.78 is 0.797. The maximum atomic E-state index is 4.47. The van der Waals surface area contributed by atoms with Crippen molar-refractivity contribution < 1.29 is 0 Å². The number of rotatable bonds is 1. The number of anilines is 1. The summed E-state index contributed by atoms with van der Waals surface area (Å²) in [6, 6.07) is 8.95. The second-order valence-corrected chi connectivity index (χ2v) is 7.12. The molecule has 3 nitrogen and oxygen atoms in total. The van der Waals surface area contributed by atoms with Crippen molar-refractivity contribution in [1.82, 2.24) is 9.97 Å². The van der Waals surface area contributed by atoms with Gasteiger partial charge in [-0.25, -0.2) is 9.97 Å². The molecule has 21 heavy (non-hydrogen) atoms. The molecule has 0 N–H and O–H groups in total. The van der Waals surface area contributed by atoms with Crippen LogP contribution in [-0.4, -0.2) is 23.1 Å². The van der Waals surface area contributed by atoms with E-state index < -0.39 is 0 Å². The highest BCUT2D eigenvalue weighted by Gasteiger charge is 2.39. The van der Waals surface area contributed by atoms with E-state index in [0.29, 0.717) is 5.41 Å². The Morgan fingerprint density at radius 2 is 1.62 bits per heavy atom. The largest absolute Gasteiger partial charge is 0.355 e. The van der Waals surface area contributed by atoms with Crippen LogP contribution in [-0.2, 0) is 12.8 Å². The molecule has 1 aliphatic heterocycles. The third kappa shape index (κ3) is 2.46. The summed E-state index contributed by atoms with van der Waals surface area (Å²) in [6.07, 6.45) is 8.65. The van der Waals surface area contributed by atoms with Gasteiger partial charge in [-0.1, -0.05) is 24.3 Å². The highest BCUT2D eigenvalue weighted by Crippen LogP contribution is 2.44.